The normalized spacial score (nSPS) is 11.3. The summed E-state index contributed by atoms with van der Waals surface area (Å²) < 4.78 is 13.0. The van der Waals surface area contributed by atoms with Crippen LogP contribution in [0.15, 0.2) is 91.7 Å². The van der Waals surface area contributed by atoms with Gasteiger partial charge in [-0.25, -0.2) is 14.5 Å². The van der Waals surface area contributed by atoms with Crippen LogP contribution in [-0.2, 0) is 11.3 Å². The maximum Gasteiger partial charge on any atom is 0.338 e. The second-order valence-electron chi connectivity index (χ2n) is 7.09. The zero-order valence-electron chi connectivity index (χ0n) is 19.4. The van der Waals surface area contributed by atoms with Crippen LogP contribution in [0.1, 0.15) is 24.2 Å². The number of ether oxygens (including phenoxy) is 2. The van der Waals surface area contributed by atoms with Crippen LogP contribution in [0.5, 0.6) is 5.75 Å². The van der Waals surface area contributed by atoms with E-state index < -0.39 is 0 Å². The summed E-state index contributed by atoms with van der Waals surface area (Å²) in [5.74, 6) is 0.299. The van der Waals surface area contributed by atoms with Crippen molar-refractivity contribution in [2.75, 3.05) is 23.8 Å². The van der Waals surface area contributed by atoms with Crippen molar-refractivity contribution in [2.45, 2.75) is 20.4 Å². The Balaban J connectivity index is 1.85. The van der Waals surface area contributed by atoms with Gasteiger partial charge in [0.25, 0.3) is 0 Å². The molecule has 34 heavy (non-hydrogen) atoms. The maximum absolute atomic E-state index is 11.9. The number of aromatic nitrogens is 3. The molecule has 1 aromatic heterocycles. The lowest BCUT2D eigenvalue weighted by Gasteiger charge is -2.18. The van der Waals surface area contributed by atoms with Gasteiger partial charge in [0, 0.05) is 11.4 Å². The lowest BCUT2D eigenvalue weighted by molar-refractivity contribution is 0.0526. The summed E-state index contributed by atoms with van der Waals surface area (Å²) in [5.41, 5.74) is 3.68. The van der Waals surface area contributed by atoms with Gasteiger partial charge in [0.05, 0.1) is 30.1 Å². The van der Waals surface area contributed by atoms with Crippen molar-refractivity contribution in [3.8, 4) is 5.75 Å². The molecule has 8 nitrogen and oxygen atoms in total. The third-order valence-corrected chi connectivity index (χ3v) is 4.69. The molecule has 3 aromatic rings. The Morgan fingerprint density at radius 1 is 1.18 bits per heavy atom. The zero-order valence-corrected chi connectivity index (χ0v) is 19.4. The molecule has 176 valence electrons. The molecule has 0 atom stereocenters. The maximum atomic E-state index is 11.9. The molecule has 0 aliphatic rings. The van der Waals surface area contributed by atoms with Gasteiger partial charge in [0.15, 0.2) is 5.75 Å². The molecule has 2 aromatic carbocycles. The van der Waals surface area contributed by atoms with Crippen LogP contribution < -0.4 is 15.4 Å². The van der Waals surface area contributed by atoms with Gasteiger partial charge >= 0.3 is 5.97 Å². The highest BCUT2D eigenvalue weighted by atomic mass is 16.5. The number of benzene rings is 2. The monoisotopic (exact) mass is 459 g/mol. The summed E-state index contributed by atoms with van der Waals surface area (Å²) in [6, 6.07) is 12.9. The average Bonchev–Trinajstić information content (AvgIpc) is 3.37. The average molecular weight is 460 g/mol. The highest BCUT2D eigenvalue weighted by molar-refractivity contribution is 5.90. The summed E-state index contributed by atoms with van der Waals surface area (Å²) >= 11 is 0. The quantitative estimate of drug-likeness (QED) is 0.279. The molecule has 0 aliphatic heterocycles. The van der Waals surface area contributed by atoms with E-state index in [1.807, 2.05) is 55.5 Å². The second-order valence-corrected chi connectivity index (χ2v) is 7.09. The number of hydrogen-bond acceptors (Lipinski definition) is 7. The van der Waals surface area contributed by atoms with E-state index in [0.717, 1.165) is 22.8 Å². The minimum Gasteiger partial charge on any atom is -0.487 e. The first-order chi connectivity index (χ1) is 16.6. The molecule has 0 spiro atoms. The van der Waals surface area contributed by atoms with Crippen molar-refractivity contribution in [1.82, 2.24) is 14.8 Å². The first-order valence-electron chi connectivity index (χ1n) is 11.0. The zero-order chi connectivity index (χ0) is 24.2. The summed E-state index contributed by atoms with van der Waals surface area (Å²) in [6.07, 6.45) is 10.7. The lowest BCUT2D eigenvalue weighted by atomic mass is 10.2. The number of para-hydroxylation sites is 1. The molecule has 0 bridgehead atoms. The number of carbonyl (C=O) groups is 1. The lowest BCUT2D eigenvalue weighted by Crippen LogP contribution is -2.11. The number of allylic oxidation sites excluding steroid dienone is 4. The molecule has 0 saturated carbocycles. The van der Waals surface area contributed by atoms with E-state index in [0.29, 0.717) is 31.1 Å². The van der Waals surface area contributed by atoms with Gasteiger partial charge in [-0.15, -0.1) is 0 Å². The highest BCUT2D eigenvalue weighted by Crippen LogP contribution is 2.36. The topological polar surface area (TPSA) is 90.3 Å². The van der Waals surface area contributed by atoms with E-state index in [4.69, 9.17) is 9.47 Å². The van der Waals surface area contributed by atoms with Gasteiger partial charge in [-0.1, -0.05) is 24.8 Å². The van der Waals surface area contributed by atoms with Crippen LogP contribution in [0.4, 0.5) is 17.1 Å². The van der Waals surface area contributed by atoms with Crippen molar-refractivity contribution < 1.29 is 14.3 Å². The van der Waals surface area contributed by atoms with Crippen LogP contribution in [0.2, 0.25) is 0 Å². The summed E-state index contributed by atoms with van der Waals surface area (Å²) in [5, 5.41) is 10.9. The van der Waals surface area contributed by atoms with Gasteiger partial charge < -0.3 is 20.1 Å². The van der Waals surface area contributed by atoms with Crippen molar-refractivity contribution in [1.29, 1.82) is 0 Å². The van der Waals surface area contributed by atoms with Crippen LogP contribution >= 0.6 is 0 Å². The number of esters is 1. The highest BCUT2D eigenvalue weighted by Gasteiger charge is 2.12. The number of hydrogen-bond donors (Lipinski definition) is 2. The van der Waals surface area contributed by atoms with E-state index in [1.54, 1.807) is 36.1 Å². The van der Waals surface area contributed by atoms with Gasteiger partial charge in [-0.3, -0.25) is 0 Å². The Morgan fingerprint density at radius 3 is 2.65 bits per heavy atom. The molecule has 8 heteroatoms. The Hall–Kier alpha value is -4.33. The molecule has 0 saturated heterocycles. The fraction of sp³-hybridized carbons (Fsp3) is 0.192. The summed E-state index contributed by atoms with van der Waals surface area (Å²) in [7, 11) is 0. The van der Waals surface area contributed by atoms with Gasteiger partial charge in [-0.2, -0.15) is 5.10 Å². The fourth-order valence-electron chi connectivity index (χ4n) is 3.05. The number of nitrogens with one attached hydrogen (secondary N) is 2. The predicted octanol–water partition coefficient (Wildman–Crippen LogP) is 5.34. The van der Waals surface area contributed by atoms with E-state index in [2.05, 4.69) is 27.3 Å². The van der Waals surface area contributed by atoms with E-state index in [-0.39, 0.29) is 5.97 Å². The Labute approximate surface area is 199 Å². The second kappa shape index (κ2) is 12.6. The molecule has 3 rings (SSSR count). The van der Waals surface area contributed by atoms with Crippen LogP contribution in [0.25, 0.3) is 0 Å². The van der Waals surface area contributed by atoms with Crippen molar-refractivity contribution >= 4 is 23.0 Å². The molecule has 2 N–H and O–H groups in total. The SMILES string of the molecule is C=C/C(=C\C=C/C)Nc1cccc(Nc2ccc(C(=O)OCC)cc2)c1OCCn1cncn1. The molecule has 0 aliphatic carbocycles. The largest absolute Gasteiger partial charge is 0.487 e. The standard InChI is InChI=1S/C26H29N5O3/c1-4-7-9-21(5-2)29-23-10-8-11-24(25(23)34-17-16-31-19-27-18-28-31)30-22-14-12-20(13-15-22)26(32)33-6-3/h4-5,7-15,18-19,29-30H,2,6,16-17H2,1,3H3/b7-4-,21-9+. The predicted molar refractivity (Wildman–Crippen MR) is 134 cm³/mol. The van der Waals surface area contributed by atoms with E-state index in [1.165, 1.54) is 6.33 Å². The number of anilines is 3. The van der Waals surface area contributed by atoms with Crippen LogP contribution in [0.3, 0.4) is 0 Å². The Morgan fingerprint density at radius 2 is 1.97 bits per heavy atom. The molecule has 0 radical (unpaired) electrons. The molecular formula is C26H29N5O3. The van der Waals surface area contributed by atoms with E-state index in [9.17, 15) is 4.79 Å². The summed E-state index contributed by atoms with van der Waals surface area (Å²) in [4.78, 5) is 15.9. The molecular weight excluding hydrogens is 430 g/mol. The first-order valence-corrected chi connectivity index (χ1v) is 11.0. The molecule has 0 fully saturated rings. The smallest absolute Gasteiger partial charge is 0.338 e. The fourth-order valence-corrected chi connectivity index (χ4v) is 3.05. The third kappa shape index (κ3) is 6.83. The molecule has 0 amide bonds. The Kier molecular flexibility index (Phi) is 9.04. The van der Waals surface area contributed by atoms with Crippen molar-refractivity contribution in [3.63, 3.8) is 0 Å². The minimum absolute atomic E-state index is 0.336. The van der Waals surface area contributed by atoms with Crippen molar-refractivity contribution in [2.24, 2.45) is 0 Å². The number of rotatable bonds is 12. The van der Waals surface area contributed by atoms with Crippen molar-refractivity contribution in [3.05, 3.63) is 97.3 Å². The van der Waals surface area contributed by atoms with Gasteiger partial charge in [0.2, 0.25) is 0 Å². The van der Waals surface area contributed by atoms with E-state index >= 15 is 0 Å². The van der Waals surface area contributed by atoms with Crippen LogP contribution in [-0.4, -0.2) is 33.9 Å². The first kappa shape index (κ1) is 24.3. The summed E-state index contributed by atoms with van der Waals surface area (Å²) in [6.45, 7) is 8.89. The third-order valence-electron chi connectivity index (χ3n) is 4.69. The molecule has 0 unspecified atom stereocenters. The minimum atomic E-state index is -0.345. The Bertz CT molecular complexity index is 1140. The molecule has 1 heterocycles. The van der Waals surface area contributed by atoms with Gasteiger partial charge in [0.1, 0.15) is 19.3 Å². The number of carbonyl (C=O) groups excluding carboxylic acids is 1. The number of nitrogens with zero attached hydrogens (tertiary/aromatic N) is 3. The van der Waals surface area contributed by atoms with Crippen LogP contribution in [0, 0.1) is 0 Å². The van der Waals surface area contributed by atoms with Gasteiger partial charge in [-0.05, 0) is 62.4 Å².